The van der Waals surface area contributed by atoms with Crippen molar-refractivity contribution in [3.05, 3.63) is 133 Å². The molecule has 0 unspecified atom stereocenters. The standard InChI is InChI=1S/C43H40ClN5O8S/c1-3-29-24-43(29,42(53)48-58(54,55)32-17-11-6-12-18-32)47-40(51)36-22-31(26-49(36)38(50)25-45-41(52)39(44)28-15-9-5-10-16-28)57-37-23-34(27-13-7-4-8-14-27)46-35-21-30(56-2)19-20-33(35)37/h3-21,23,29,31,36,39H,1,22,24-26H2,2H3,(H,45,52)(H,47,51)(H,48,53)/t29-,31-,36+,39+,43-/m1/s1. The molecular formula is C43H40ClN5O8S. The molecular weight excluding hydrogens is 782 g/mol. The van der Waals surface area contributed by atoms with Gasteiger partial charge < -0.3 is 25.0 Å². The Morgan fingerprint density at radius 3 is 2.29 bits per heavy atom. The molecule has 15 heteroatoms. The summed E-state index contributed by atoms with van der Waals surface area (Å²) < 4.78 is 40.4. The van der Waals surface area contributed by atoms with Crippen LogP contribution >= 0.6 is 11.6 Å². The summed E-state index contributed by atoms with van der Waals surface area (Å²) in [7, 11) is -2.72. The molecule has 0 bridgehead atoms. The van der Waals surface area contributed by atoms with Gasteiger partial charge in [-0.3, -0.25) is 19.2 Å². The molecule has 5 atom stereocenters. The summed E-state index contributed by atoms with van der Waals surface area (Å²) in [6.45, 7) is 3.22. The van der Waals surface area contributed by atoms with Gasteiger partial charge >= 0.3 is 0 Å². The van der Waals surface area contributed by atoms with E-state index >= 15 is 0 Å². The fraction of sp³-hybridized carbons (Fsp3) is 0.233. The number of ether oxygens (including phenoxy) is 2. The van der Waals surface area contributed by atoms with Crippen molar-refractivity contribution in [3.63, 3.8) is 0 Å². The van der Waals surface area contributed by atoms with E-state index in [1.165, 1.54) is 35.2 Å². The molecule has 298 valence electrons. The van der Waals surface area contributed by atoms with Crippen molar-refractivity contribution in [1.82, 2.24) is 25.2 Å². The zero-order valence-electron chi connectivity index (χ0n) is 31.3. The maximum Gasteiger partial charge on any atom is 0.264 e. The van der Waals surface area contributed by atoms with Gasteiger partial charge in [0.15, 0.2) is 0 Å². The van der Waals surface area contributed by atoms with Crippen LogP contribution in [0, 0.1) is 5.92 Å². The Balaban J connectivity index is 1.16. The van der Waals surface area contributed by atoms with E-state index in [4.69, 9.17) is 26.1 Å². The average molecular weight is 822 g/mol. The molecule has 2 fully saturated rings. The van der Waals surface area contributed by atoms with Crippen molar-refractivity contribution in [3.8, 4) is 22.8 Å². The first-order valence-electron chi connectivity index (χ1n) is 18.5. The zero-order chi connectivity index (χ0) is 41.0. The van der Waals surface area contributed by atoms with Gasteiger partial charge in [0.05, 0.1) is 36.3 Å². The van der Waals surface area contributed by atoms with Gasteiger partial charge in [-0.15, -0.1) is 18.2 Å². The van der Waals surface area contributed by atoms with Crippen molar-refractivity contribution >= 4 is 56.2 Å². The third-order valence-electron chi connectivity index (χ3n) is 10.3. The number of likely N-dealkylation sites (tertiary alicyclic amines) is 1. The highest BCUT2D eigenvalue weighted by molar-refractivity contribution is 7.90. The quantitative estimate of drug-likeness (QED) is 0.104. The van der Waals surface area contributed by atoms with E-state index in [9.17, 15) is 27.6 Å². The lowest BCUT2D eigenvalue weighted by atomic mass is 10.1. The summed E-state index contributed by atoms with van der Waals surface area (Å²) in [4.78, 5) is 61.0. The van der Waals surface area contributed by atoms with Crippen molar-refractivity contribution in [2.45, 2.75) is 40.8 Å². The lowest BCUT2D eigenvalue weighted by molar-refractivity contribution is -0.140. The van der Waals surface area contributed by atoms with Crippen LogP contribution in [0.2, 0.25) is 0 Å². The maximum absolute atomic E-state index is 14.3. The number of halogens is 1. The first-order chi connectivity index (χ1) is 27.9. The van der Waals surface area contributed by atoms with Gasteiger partial charge in [-0.2, -0.15) is 0 Å². The lowest BCUT2D eigenvalue weighted by Crippen LogP contribution is -2.57. The Hall–Kier alpha value is -6.25. The van der Waals surface area contributed by atoms with Crippen LogP contribution < -0.4 is 24.8 Å². The number of methoxy groups -OCH3 is 1. The second-order valence-corrected chi connectivity index (χ2v) is 16.2. The summed E-state index contributed by atoms with van der Waals surface area (Å²) in [5.41, 5.74) is 0.943. The molecule has 1 aliphatic carbocycles. The highest BCUT2D eigenvalue weighted by Gasteiger charge is 2.61. The molecule has 1 aliphatic heterocycles. The number of rotatable bonds is 14. The number of carbonyl (C=O) groups is 4. The van der Waals surface area contributed by atoms with Crippen LogP contribution in [0.25, 0.3) is 22.2 Å². The summed E-state index contributed by atoms with van der Waals surface area (Å²) in [5, 5.41) is 4.93. The number of benzene rings is 4. The van der Waals surface area contributed by atoms with E-state index in [1.807, 2.05) is 36.4 Å². The van der Waals surface area contributed by atoms with Gasteiger partial charge in [0.1, 0.15) is 34.6 Å². The third kappa shape index (κ3) is 8.38. The van der Waals surface area contributed by atoms with Crippen molar-refractivity contribution in [1.29, 1.82) is 0 Å². The lowest BCUT2D eigenvalue weighted by Gasteiger charge is -2.26. The molecule has 7 rings (SSSR count). The topological polar surface area (TPSA) is 173 Å². The number of sulfonamides is 1. The van der Waals surface area contributed by atoms with Crippen LogP contribution in [0.4, 0.5) is 0 Å². The van der Waals surface area contributed by atoms with Gasteiger partial charge in [0.2, 0.25) is 17.7 Å². The van der Waals surface area contributed by atoms with Crippen LogP contribution in [-0.4, -0.2) is 79.8 Å². The summed E-state index contributed by atoms with van der Waals surface area (Å²) in [6.07, 6.45) is 0.805. The molecule has 3 N–H and O–H groups in total. The monoisotopic (exact) mass is 821 g/mol. The van der Waals surface area contributed by atoms with Crippen molar-refractivity contribution < 1.29 is 37.1 Å². The highest BCUT2D eigenvalue weighted by atomic mass is 35.5. The minimum atomic E-state index is -4.28. The number of carbonyl (C=O) groups excluding carboxylic acids is 4. The predicted octanol–water partition coefficient (Wildman–Crippen LogP) is 4.92. The highest BCUT2D eigenvalue weighted by Crippen LogP contribution is 2.45. The molecule has 2 heterocycles. The van der Waals surface area contributed by atoms with E-state index < -0.39 is 69.2 Å². The normalized spacial score (nSPS) is 20.4. The number of hydrogen-bond donors (Lipinski definition) is 3. The summed E-state index contributed by atoms with van der Waals surface area (Å²) in [6, 6.07) is 31.5. The van der Waals surface area contributed by atoms with Crippen LogP contribution in [0.15, 0.2) is 133 Å². The molecule has 1 saturated carbocycles. The van der Waals surface area contributed by atoms with Crippen molar-refractivity contribution in [2.24, 2.45) is 5.92 Å². The van der Waals surface area contributed by atoms with Gasteiger partial charge in [0.25, 0.3) is 15.9 Å². The molecule has 13 nitrogen and oxygen atoms in total. The first kappa shape index (κ1) is 40.0. The first-order valence-corrected chi connectivity index (χ1v) is 20.4. The minimum absolute atomic E-state index is 0.00687. The number of amides is 4. The minimum Gasteiger partial charge on any atom is -0.497 e. The Bertz CT molecular complexity index is 2470. The van der Waals surface area contributed by atoms with Crippen LogP contribution in [0.5, 0.6) is 11.5 Å². The smallest absolute Gasteiger partial charge is 0.264 e. The number of aromatic nitrogens is 1. The maximum atomic E-state index is 14.3. The fourth-order valence-electron chi connectivity index (χ4n) is 7.08. The summed E-state index contributed by atoms with van der Waals surface area (Å²) in [5.74, 6) is -2.42. The Morgan fingerprint density at radius 1 is 0.966 bits per heavy atom. The van der Waals surface area contributed by atoms with E-state index in [2.05, 4.69) is 21.9 Å². The molecule has 0 spiro atoms. The molecule has 0 radical (unpaired) electrons. The van der Waals surface area contributed by atoms with Gasteiger partial charge in [-0.05, 0) is 36.2 Å². The van der Waals surface area contributed by atoms with Crippen LogP contribution in [-0.2, 0) is 29.2 Å². The van der Waals surface area contributed by atoms with Gasteiger partial charge in [-0.25, -0.2) is 18.1 Å². The van der Waals surface area contributed by atoms with E-state index in [0.717, 1.165) is 5.56 Å². The average Bonchev–Trinajstić information content (AvgIpc) is 3.81. The number of fused-ring (bicyclic) bond motifs is 1. The van der Waals surface area contributed by atoms with Crippen molar-refractivity contribution in [2.75, 3.05) is 20.2 Å². The van der Waals surface area contributed by atoms with E-state index in [-0.39, 0.29) is 24.3 Å². The largest absolute Gasteiger partial charge is 0.497 e. The van der Waals surface area contributed by atoms with Gasteiger partial charge in [0, 0.05) is 35.4 Å². The van der Waals surface area contributed by atoms with Crippen LogP contribution in [0.1, 0.15) is 23.8 Å². The fourth-order valence-corrected chi connectivity index (χ4v) is 8.36. The molecule has 5 aromatic rings. The summed E-state index contributed by atoms with van der Waals surface area (Å²) >= 11 is 6.41. The number of pyridine rings is 1. The Labute approximate surface area is 340 Å². The van der Waals surface area contributed by atoms with Crippen LogP contribution in [0.3, 0.4) is 0 Å². The molecule has 1 aromatic heterocycles. The van der Waals surface area contributed by atoms with Gasteiger partial charge in [-0.1, -0.05) is 84.9 Å². The number of alkyl halides is 1. The number of nitrogens with zero attached hydrogens (tertiary/aromatic N) is 2. The molecule has 2 aliphatic rings. The van der Waals surface area contributed by atoms with E-state index in [1.54, 1.807) is 61.7 Å². The Morgan fingerprint density at radius 2 is 1.64 bits per heavy atom. The van der Waals surface area contributed by atoms with E-state index in [0.29, 0.717) is 33.7 Å². The third-order valence-corrected chi connectivity index (χ3v) is 12.1. The Kier molecular flexibility index (Phi) is 11.5. The molecule has 58 heavy (non-hydrogen) atoms. The number of nitrogens with one attached hydrogen (secondary N) is 3. The molecule has 4 aromatic carbocycles. The second kappa shape index (κ2) is 16.7. The molecule has 4 amide bonds. The number of hydrogen-bond acceptors (Lipinski definition) is 9. The zero-order valence-corrected chi connectivity index (χ0v) is 32.9. The predicted molar refractivity (Wildman–Crippen MR) is 217 cm³/mol. The second-order valence-electron chi connectivity index (χ2n) is 14.0. The SMILES string of the molecule is C=C[C@@H]1C[C@]1(NC(=O)[C@@H]1C[C@@H](Oc2cc(-c3ccccc3)nc3cc(OC)ccc23)CN1C(=O)CNC(=O)[C@@H](Cl)c1ccccc1)C(=O)NS(=O)(=O)c1ccccc1. The molecule has 1 saturated heterocycles.